The second-order valence-electron chi connectivity index (χ2n) is 5.48. The highest BCUT2D eigenvalue weighted by molar-refractivity contribution is 5.28. The Morgan fingerprint density at radius 3 is 2.50 bits per heavy atom. The SMILES string of the molecule is COc1ccc(C(O)CN(C)CC2CC2C)cc1. The molecular weight excluding hydrogens is 226 g/mol. The number of aliphatic hydroxyl groups is 1. The largest absolute Gasteiger partial charge is 0.497 e. The number of nitrogens with zero attached hydrogens (tertiary/aromatic N) is 1. The lowest BCUT2D eigenvalue weighted by Crippen LogP contribution is -2.27. The van der Waals surface area contributed by atoms with Gasteiger partial charge in [0.2, 0.25) is 0 Å². The Hall–Kier alpha value is -1.06. The molecule has 3 atom stereocenters. The topological polar surface area (TPSA) is 32.7 Å². The van der Waals surface area contributed by atoms with Gasteiger partial charge < -0.3 is 14.7 Å². The van der Waals surface area contributed by atoms with Crippen LogP contribution in [0.1, 0.15) is 25.0 Å². The van der Waals surface area contributed by atoms with Crippen LogP contribution >= 0.6 is 0 Å². The molecule has 3 heteroatoms. The lowest BCUT2D eigenvalue weighted by Gasteiger charge is -2.21. The van der Waals surface area contributed by atoms with Crippen molar-refractivity contribution in [2.45, 2.75) is 19.4 Å². The molecule has 1 aliphatic carbocycles. The van der Waals surface area contributed by atoms with Crippen molar-refractivity contribution in [2.75, 3.05) is 27.2 Å². The number of likely N-dealkylation sites (N-methyl/N-ethyl adjacent to an activating group) is 1. The van der Waals surface area contributed by atoms with E-state index in [0.717, 1.165) is 29.7 Å². The van der Waals surface area contributed by atoms with Gasteiger partial charge in [0.15, 0.2) is 0 Å². The normalized spacial score (nSPS) is 24.1. The first kappa shape index (κ1) is 13.4. The van der Waals surface area contributed by atoms with E-state index in [1.807, 2.05) is 24.3 Å². The van der Waals surface area contributed by atoms with Crippen molar-refractivity contribution in [3.05, 3.63) is 29.8 Å². The van der Waals surface area contributed by atoms with Gasteiger partial charge in [-0.1, -0.05) is 19.1 Å². The van der Waals surface area contributed by atoms with Crippen LogP contribution in [-0.4, -0.2) is 37.3 Å². The molecule has 1 N–H and O–H groups in total. The van der Waals surface area contributed by atoms with E-state index in [-0.39, 0.29) is 0 Å². The third kappa shape index (κ3) is 3.47. The predicted octanol–water partition coefficient (Wildman–Crippen LogP) is 2.32. The summed E-state index contributed by atoms with van der Waals surface area (Å²) in [5.41, 5.74) is 0.950. The molecule has 1 aromatic rings. The summed E-state index contributed by atoms with van der Waals surface area (Å²) in [6, 6.07) is 7.64. The third-order valence-electron chi connectivity index (χ3n) is 3.81. The number of hydrogen-bond donors (Lipinski definition) is 1. The van der Waals surface area contributed by atoms with E-state index in [1.54, 1.807) is 7.11 Å². The van der Waals surface area contributed by atoms with Crippen molar-refractivity contribution in [1.82, 2.24) is 4.90 Å². The molecule has 0 radical (unpaired) electrons. The van der Waals surface area contributed by atoms with Crippen LogP contribution in [0.15, 0.2) is 24.3 Å². The second kappa shape index (κ2) is 5.72. The molecule has 1 fully saturated rings. The Labute approximate surface area is 109 Å². The minimum absolute atomic E-state index is 0.421. The minimum Gasteiger partial charge on any atom is -0.497 e. The Kier molecular flexibility index (Phi) is 4.25. The zero-order valence-corrected chi connectivity index (χ0v) is 11.5. The lowest BCUT2D eigenvalue weighted by molar-refractivity contribution is 0.124. The van der Waals surface area contributed by atoms with Crippen molar-refractivity contribution in [2.24, 2.45) is 11.8 Å². The molecule has 0 amide bonds. The van der Waals surface area contributed by atoms with E-state index in [9.17, 15) is 5.11 Å². The Morgan fingerprint density at radius 2 is 2.00 bits per heavy atom. The summed E-state index contributed by atoms with van der Waals surface area (Å²) < 4.78 is 5.11. The van der Waals surface area contributed by atoms with Gasteiger partial charge in [0.05, 0.1) is 13.2 Å². The molecule has 0 bridgehead atoms. The molecule has 1 aromatic carbocycles. The highest BCUT2D eigenvalue weighted by Crippen LogP contribution is 2.38. The highest BCUT2D eigenvalue weighted by Gasteiger charge is 2.33. The second-order valence-corrected chi connectivity index (χ2v) is 5.48. The van der Waals surface area contributed by atoms with E-state index in [0.29, 0.717) is 6.54 Å². The van der Waals surface area contributed by atoms with Crippen molar-refractivity contribution >= 4 is 0 Å². The van der Waals surface area contributed by atoms with Crippen LogP contribution < -0.4 is 4.74 Å². The van der Waals surface area contributed by atoms with Gasteiger partial charge >= 0.3 is 0 Å². The smallest absolute Gasteiger partial charge is 0.118 e. The van der Waals surface area contributed by atoms with Crippen LogP contribution in [0.3, 0.4) is 0 Å². The fourth-order valence-corrected chi connectivity index (χ4v) is 2.36. The standard InChI is InChI=1S/C15H23NO2/c1-11-8-13(11)9-16(2)10-15(17)12-4-6-14(18-3)7-5-12/h4-7,11,13,15,17H,8-10H2,1-3H3. The van der Waals surface area contributed by atoms with Gasteiger partial charge in [-0.2, -0.15) is 0 Å². The molecule has 2 rings (SSSR count). The molecule has 0 saturated heterocycles. The summed E-state index contributed by atoms with van der Waals surface area (Å²) in [6.45, 7) is 4.07. The van der Waals surface area contributed by atoms with Gasteiger partial charge in [0.25, 0.3) is 0 Å². The molecule has 3 nitrogen and oxygen atoms in total. The molecule has 1 aliphatic rings. The van der Waals surface area contributed by atoms with Gasteiger partial charge in [-0.3, -0.25) is 0 Å². The van der Waals surface area contributed by atoms with Crippen LogP contribution in [0, 0.1) is 11.8 Å². The van der Waals surface area contributed by atoms with Gasteiger partial charge in [0, 0.05) is 13.1 Å². The summed E-state index contributed by atoms with van der Waals surface area (Å²) in [5, 5.41) is 10.2. The molecule has 1 saturated carbocycles. The minimum atomic E-state index is -0.421. The lowest BCUT2D eigenvalue weighted by atomic mass is 10.1. The first-order valence-corrected chi connectivity index (χ1v) is 6.60. The van der Waals surface area contributed by atoms with E-state index in [2.05, 4.69) is 18.9 Å². The van der Waals surface area contributed by atoms with E-state index >= 15 is 0 Å². The Bertz CT molecular complexity index is 377. The Morgan fingerprint density at radius 1 is 1.39 bits per heavy atom. The molecule has 0 aliphatic heterocycles. The number of benzene rings is 1. The van der Waals surface area contributed by atoms with Gasteiger partial charge in [0.1, 0.15) is 5.75 Å². The van der Waals surface area contributed by atoms with E-state index in [1.165, 1.54) is 6.42 Å². The fraction of sp³-hybridized carbons (Fsp3) is 0.600. The van der Waals surface area contributed by atoms with Crippen LogP contribution in [0.25, 0.3) is 0 Å². The summed E-state index contributed by atoms with van der Waals surface area (Å²) in [6.07, 6.45) is 0.915. The fourth-order valence-electron chi connectivity index (χ4n) is 2.36. The number of rotatable bonds is 6. The van der Waals surface area contributed by atoms with Crippen molar-refractivity contribution in [1.29, 1.82) is 0 Å². The zero-order valence-electron chi connectivity index (χ0n) is 11.5. The summed E-state index contributed by atoms with van der Waals surface area (Å²) >= 11 is 0. The average Bonchev–Trinajstić information content (AvgIpc) is 3.04. The number of hydrogen-bond acceptors (Lipinski definition) is 3. The van der Waals surface area contributed by atoms with Crippen LogP contribution in [0.2, 0.25) is 0 Å². The highest BCUT2D eigenvalue weighted by atomic mass is 16.5. The first-order chi connectivity index (χ1) is 8.60. The molecule has 0 spiro atoms. The molecule has 3 unspecified atom stereocenters. The van der Waals surface area contributed by atoms with E-state index < -0.39 is 6.10 Å². The first-order valence-electron chi connectivity index (χ1n) is 6.60. The van der Waals surface area contributed by atoms with Gasteiger partial charge in [-0.25, -0.2) is 0 Å². The molecular formula is C15H23NO2. The van der Waals surface area contributed by atoms with Gasteiger partial charge in [-0.05, 0) is 43.0 Å². The van der Waals surface area contributed by atoms with Crippen LogP contribution in [-0.2, 0) is 0 Å². The van der Waals surface area contributed by atoms with Gasteiger partial charge in [-0.15, -0.1) is 0 Å². The summed E-state index contributed by atoms with van der Waals surface area (Å²) in [5.74, 6) is 2.52. The maximum absolute atomic E-state index is 10.2. The molecule has 0 aromatic heterocycles. The van der Waals surface area contributed by atoms with Crippen LogP contribution in [0.5, 0.6) is 5.75 Å². The molecule has 18 heavy (non-hydrogen) atoms. The quantitative estimate of drug-likeness (QED) is 0.840. The number of methoxy groups -OCH3 is 1. The molecule has 100 valence electrons. The van der Waals surface area contributed by atoms with Crippen molar-refractivity contribution in [3.8, 4) is 5.75 Å². The third-order valence-corrected chi connectivity index (χ3v) is 3.81. The Balaban J connectivity index is 1.83. The zero-order chi connectivity index (χ0) is 13.1. The van der Waals surface area contributed by atoms with E-state index in [4.69, 9.17) is 4.74 Å². The average molecular weight is 249 g/mol. The van der Waals surface area contributed by atoms with Crippen LogP contribution in [0.4, 0.5) is 0 Å². The van der Waals surface area contributed by atoms with Crippen molar-refractivity contribution in [3.63, 3.8) is 0 Å². The predicted molar refractivity (Wildman–Crippen MR) is 72.7 cm³/mol. The maximum Gasteiger partial charge on any atom is 0.118 e. The monoisotopic (exact) mass is 249 g/mol. The summed E-state index contributed by atoms with van der Waals surface area (Å²) in [4.78, 5) is 2.23. The maximum atomic E-state index is 10.2. The number of ether oxygens (including phenoxy) is 1. The van der Waals surface area contributed by atoms with Crippen molar-refractivity contribution < 1.29 is 9.84 Å². The number of aliphatic hydroxyl groups excluding tert-OH is 1. The molecule has 0 heterocycles. The summed E-state index contributed by atoms with van der Waals surface area (Å²) in [7, 11) is 3.73.